The summed E-state index contributed by atoms with van der Waals surface area (Å²) in [6.45, 7) is 9.06. The van der Waals surface area contributed by atoms with Crippen LogP contribution >= 0.6 is 0 Å². The highest BCUT2D eigenvalue weighted by Crippen LogP contribution is 2.40. The predicted molar refractivity (Wildman–Crippen MR) is 147 cm³/mol. The van der Waals surface area contributed by atoms with Crippen LogP contribution in [0.4, 0.5) is 0 Å². The third-order valence-corrected chi connectivity index (χ3v) is 6.59. The summed E-state index contributed by atoms with van der Waals surface area (Å²) in [7, 11) is 0. The van der Waals surface area contributed by atoms with E-state index in [1.807, 2.05) is 33.8 Å². The van der Waals surface area contributed by atoms with Crippen molar-refractivity contribution in [2.24, 2.45) is 0 Å². The van der Waals surface area contributed by atoms with Gasteiger partial charge in [-0.3, -0.25) is 4.79 Å². The number of rotatable bonds is 9. The van der Waals surface area contributed by atoms with E-state index in [0.29, 0.717) is 6.42 Å². The van der Waals surface area contributed by atoms with Gasteiger partial charge in [0.25, 0.3) is 0 Å². The van der Waals surface area contributed by atoms with Gasteiger partial charge in [0, 0.05) is 29.7 Å². The molecule has 0 saturated heterocycles. The fraction of sp³-hybridized carbons (Fsp3) is 0.367. The SMILES string of the molecule is CC(C)=CCCC(C)(O)C(O)Cc1c(-c2ccc(O)cc2O)oc2cc(O)c(CC=C(C)C)c(O)c2c1=O. The zero-order valence-corrected chi connectivity index (χ0v) is 22.4. The number of hydrogen-bond acceptors (Lipinski definition) is 8. The summed E-state index contributed by atoms with van der Waals surface area (Å²) < 4.78 is 5.97. The zero-order chi connectivity index (χ0) is 28.4. The van der Waals surface area contributed by atoms with Gasteiger partial charge in [-0.05, 0) is 66.0 Å². The molecule has 0 bridgehead atoms. The number of aliphatic hydroxyl groups excluding tert-OH is 1. The second-order valence-electron chi connectivity index (χ2n) is 10.4. The van der Waals surface area contributed by atoms with Gasteiger partial charge in [0.2, 0.25) is 0 Å². The Balaban J connectivity index is 2.25. The topological polar surface area (TPSA) is 152 Å². The molecule has 0 aliphatic carbocycles. The summed E-state index contributed by atoms with van der Waals surface area (Å²) in [5.74, 6) is -1.43. The van der Waals surface area contributed by atoms with E-state index in [1.165, 1.54) is 25.1 Å². The molecule has 38 heavy (non-hydrogen) atoms. The highest BCUT2D eigenvalue weighted by Gasteiger charge is 2.33. The number of phenolic OH excluding ortho intramolecular Hbond substituents is 4. The summed E-state index contributed by atoms with van der Waals surface area (Å²) in [5, 5.41) is 63.7. The molecular weight excluding hydrogens is 488 g/mol. The summed E-state index contributed by atoms with van der Waals surface area (Å²) in [6, 6.07) is 4.95. The van der Waals surface area contributed by atoms with Gasteiger partial charge in [-0.25, -0.2) is 0 Å². The molecule has 0 aliphatic rings. The van der Waals surface area contributed by atoms with Crippen molar-refractivity contribution < 1.29 is 35.1 Å². The van der Waals surface area contributed by atoms with E-state index in [9.17, 15) is 35.4 Å². The van der Waals surface area contributed by atoms with Crippen molar-refractivity contribution in [2.45, 2.75) is 72.0 Å². The van der Waals surface area contributed by atoms with Crippen LogP contribution in [0.1, 0.15) is 58.6 Å². The average molecular weight is 525 g/mol. The van der Waals surface area contributed by atoms with Gasteiger partial charge in [0.1, 0.15) is 39.7 Å². The van der Waals surface area contributed by atoms with E-state index in [2.05, 4.69) is 0 Å². The molecule has 0 aliphatic heterocycles. The Labute approximate surface area is 221 Å². The molecule has 1 aromatic heterocycles. The van der Waals surface area contributed by atoms with Gasteiger partial charge < -0.3 is 35.1 Å². The minimum atomic E-state index is -1.56. The van der Waals surface area contributed by atoms with Crippen LogP contribution in [-0.4, -0.2) is 42.3 Å². The van der Waals surface area contributed by atoms with Crippen molar-refractivity contribution >= 4 is 11.0 Å². The van der Waals surface area contributed by atoms with Crippen molar-refractivity contribution in [2.75, 3.05) is 0 Å². The van der Waals surface area contributed by atoms with E-state index in [4.69, 9.17) is 4.42 Å². The first kappa shape index (κ1) is 28.8. The van der Waals surface area contributed by atoms with Crippen molar-refractivity contribution in [3.63, 3.8) is 0 Å². The van der Waals surface area contributed by atoms with Crippen LogP contribution in [0.15, 0.2) is 56.8 Å². The number of allylic oxidation sites excluding steroid dienone is 4. The molecule has 3 aromatic rings. The number of aliphatic hydroxyl groups is 2. The quantitative estimate of drug-likeness (QED) is 0.209. The lowest BCUT2D eigenvalue weighted by Crippen LogP contribution is -2.41. The van der Waals surface area contributed by atoms with E-state index < -0.39 is 22.9 Å². The van der Waals surface area contributed by atoms with Crippen LogP contribution in [0.2, 0.25) is 0 Å². The third-order valence-electron chi connectivity index (χ3n) is 6.59. The molecule has 6 N–H and O–H groups in total. The van der Waals surface area contributed by atoms with Gasteiger partial charge in [-0.2, -0.15) is 0 Å². The Kier molecular flexibility index (Phi) is 8.59. The maximum Gasteiger partial charge on any atom is 0.200 e. The molecule has 2 aromatic carbocycles. The van der Waals surface area contributed by atoms with Crippen LogP contribution in [0, 0.1) is 0 Å². The van der Waals surface area contributed by atoms with Crippen LogP contribution in [-0.2, 0) is 12.8 Å². The number of benzene rings is 2. The van der Waals surface area contributed by atoms with Crippen molar-refractivity contribution in [3.05, 3.63) is 68.9 Å². The molecule has 0 fully saturated rings. The van der Waals surface area contributed by atoms with Gasteiger partial charge >= 0.3 is 0 Å². The predicted octanol–water partition coefficient (Wildman–Crippen LogP) is 5.19. The maximum absolute atomic E-state index is 13.8. The lowest BCUT2D eigenvalue weighted by molar-refractivity contribution is -0.0655. The van der Waals surface area contributed by atoms with E-state index in [1.54, 1.807) is 6.08 Å². The monoisotopic (exact) mass is 524 g/mol. The molecule has 0 saturated carbocycles. The molecule has 204 valence electrons. The molecule has 2 unspecified atom stereocenters. The summed E-state index contributed by atoms with van der Waals surface area (Å²) in [5.41, 5.74) is -0.222. The number of fused-ring (bicyclic) bond motifs is 1. The zero-order valence-electron chi connectivity index (χ0n) is 22.4. The van der Waals surface area contributed by atoms with Gasteiger partial charge in [0.15, 0.2) is 5.43 Å². The average Bonchev–Trinajstić information content (AvgIpc) is 2.79. The summed E-state index contributed by atoms with van der Waals surface area (Å²) in [4.78, 5) is 13.8. The Morgan fingerprint density at radius 2 is 1.63 bits per heavy atom. The van der Waals surface area contributed by atoms with E-state index >= 15 is 0 Å². The van der Waals surface area contributed by atoms with Crippen molar-refractivity contribution in [3.8, 4) is 34.3 Å². The second kappa shape index (κ2) is 11.3. The van der Waals surface area contributed by atoms with Crippen LogP contribution in [0.3, 0.4) is 0 Å². The normalized spacial score (nSPS) is 13.7. The fourth-order valence-corrected chi connectivity index (χ4v) is 4.25. The molecule has 0 radical (unpaired) electrons. The van der Waals surface area contributed by atoms with E-state index in [0.717, 1.165) is 17.2 Å². The first-order valence-electron chi connectivity index (χ1n) is 12.5. The van der Waals surface area contributed by atoms with Gasteiger partial charge in [-0.15, -0.1) is 0 Å². The Morgan fingerprint density at radius 1 is 0.974 bits per heavy atom. The Hall–Kier alpha value is -3.75. The smallest absolute Gasteiger partial charge is 0.200 e. The van der Waals surface area contributed by atoms with Gasteiger partial charge in [0.05, 0.1) is 17.3 Å². The molecule has 1 heterocycles. The van der Waals surface area contributed by atoms with E-state index in [-0.39, 0.29) is 69.9 Å². The van der Waals surface area contributed by atoms with Crippen molar-refractivity contribution in [1.82, 2.24) is 0 Å². The summed E-state index contributed by atoms with van der Waals surface area (Å²) >= 11 is 0. The second-order valence-corrected chi connectivity index (χ2v) is 10.4. The number of aromatic hydroxyl groups is 4. The number of hydrogen-bond donors (Lipinski definition) is 6. The molecule has 3 rings (SSSR count). The third kappa shape index (κ3) is 6.20. The molecule has 8 nitrogen and oxygen atoms in total. The molecular formula is C30H36O8. The number of phenols is 4. The molecule has 8 heteroatoms. The first-order valence-corrected chi connectivity index (χ1v) is 12.5. The standard InChI is InChI=1S/C30H36O8/c1-16(2)7-6-12-30(5,37)25(34)14-21-28(36)26-24(15-23(33)19(27(26)35)10-8-17(3)4)38-29(21)20-11-9-18(31)13-22(20)32/h7-9,11,13,15,25,31-35,37H,6,10,12,14H2,1-5H3. The van der Waals surface area contributed by atoms with Crippen molar-refractivity contribution in [1.29, 1.82) is 0 Å². The fourth-order valence-electron chi connectivity index (χ4n) is 4.25. The first-order chi connectivity index (χ1) is 17.7. The minimum absolute atomic E-state index is 0.0563. The maximum atomic E-state index is 13.8. The van der Waals surface area contributed by atoms with Gasteiger partial charge in [-0.1, -0.05) is 23.3 Å². The van der Waals surface area contributed by atoms with Crippen LogP contribution in [0.25, 0.3) is 22.3 Å². The molecule has 2 atom stereocenters. The Bertz CT molecular complexity index is 1450. The molecule has 0 amide bonds. The lowest BCUT2D eigenvalue weighted by atomic mass is 9.87. The minimum Gasteiger partial charge on any atom is -0.508 e. The lowest BCUT2D eigenvalue weighted by Gasteiger charge is -2.29. The summed E-state index contributed by atoms with van der Waals surface area (Å²) in [6.07, 6.45) is 2.90. The molecule has 0 spiro atoms. The largest absolute Gasteiger partial charge is 0.508 e. The highest BCUT2D eigenvalue weighted by atomic mass is 16.3. The van der Waals surface area contributed by atoms with Crippen LogP contribution in [0.5, 0.6) is 23.0 Å². The highest BCUT2D eigenvalue weighted by molar-refractivity contribution is 5.89. The van der Waals surface area contributed by atoms with Crippen LogP contribution < -0.4 is 5.43 Å². The Morgan fingerprint density at radius 3 is 2.24 bits per heavy atom.